The van der Waals surface area contributed by atoms with Gasteiger partial charge in [-0.2, -0.15) is 0 Å². The Bertz CT molecular complexity index is 1450. The second-order valence-electron chi connectivity index (χ2n) is 10.1. The predicted octanol–water partition coefficient (Wildman–Crippen LogP) is 4.26. The van der Waals surface area contributed by atoms with E-state index in [1.54, 1.807) is 36.4 Å². The van der Waals surface area contributed by atoms with Gasteiger partial charge in [-0.05, 0) is 110 Å². The summed E-state index contributed by atoms with van der Waals surface area (Å²) in [4.78, 5) is 42.0. The Hall–Kier alpha value is -5.19. The monoisotopic (exact) mass is 613 g/mol. The molecule has 0 saturated heterocycles. The Kier molecular flexibility index (Phi) is 13.6. The molecule has 2 amide bonds. The molecule has 0 heterocycles. The van der Waals surface area contributed by atoms with Gasteiger partial charge in [0.2, 0.25) is 0 Å². The van der Waals surface area contributed by atoms with E-state index in [0.29, 0.717) is 42.7 Å². The van der Waals surface area contributed by atoms with Crippen LogP contribution < -0.4 is 15.8 Å². The van der Waals surface area contributed by atoms with Crippen LogP contribution in [0, 0.1) is 0 Å². The van der Waals surface area contributed by atoms with Crippen LogP contribution in [0.2, 0.25) is 0 Å². The zero-order valence-electron chi connectivity index (χ0n) is 25.1. The van der Waals surface area contributed by atoms with Crippen LogP contribution in [-0.4, -0.2) is 70.6 Å². The minimum atomic E-state index is -1.13. The quantitative estimate of drug-likeness (QED) is 0.117. The molecule has 0 radical (unpaired) electrons. The molecular weight excluding hydrogens is 574 g/mol. The molecule has 0 bridgehead atoms. The molecule has 10 nitrogen and oxygen atoms in total. The first-order valence-electron chi connectivity index (χ1n) is 14.5. The van der Waals surface area contributed by atoms with Gasteiger partial charge < -0.3 is 31.1 Å². The SMILES string of the molecule is COc1cc(/C=C/C(=O)C(CCCNCCCN)N(C(=O)/C=C/c2ccc(O)cc2)C(=O)/C=C/c2ccc(O)cc2)ccc1O. The van der Waals surface area contributed by atoms with Crippen molar-refractivity contribution in [2.45, 2.75) is 25.3 Å². The average Bonchev–Trinajstić information content (AvgIpc) is 3.04. The van der Waals surface area contributed by atoms with Gasteiger partial charge >= 0.3 is 0 Å². The molecule has 6 N–H and O–H groups in total. The lowest BCUT2D eigenvalue weighted by molar-refractivity contribution is -0.145. The van der Waals surface area contributed by atoms with Crippen molar-refractivity contribution in [3.8, 4) is 23.0 Å². The molecule has 0 saturated carbocycles. The van der Waals surface area contributed by atoms with Crippen LogP contribution in [0.3, 0.4) is 0 Å². The average molecular weight is 614 g/mol. The van der Waals surface area contributed by atoms with Crippen LogP contribution in [0.1, 0.15) is 36.0 Å². The lowest BCUT2D eigenvalue weighted by atomic mass is 10.0. The third kappa shape index (κ3) is 11.1. The molecule has 0 fully saturated rings. The van der Waals surface area contributed by atoms with Gasteiger partial charge in [-0.3, -0.25) is 19.3 Å². The predicted molar refractivity (Wildman–Crippen MR) is 174 cm³/mol. The zero-order valence-corrected chi connectivity index (χ0v) is 25.1. The second-order valence-corrected chi connectivity index (χ2v) is 10.1. The molecule has 10 heteroatoms. The van der Waals surface area contributed by atoms with Gasteiger partial charge in [0.05, 0.1) is 7.11 Å². The zero-order chi connectivity index (χ0) is 32.6. The normalized spacial score (nSPS) is 12.1. The number of amides is 2. The first-order valence-corrected chi connectivity index (χ1v) is 14.5. The summed E-state index contributed by atoms with van der Waals surface area (Å²) in [5, 5.41) is 32.3. The standard InChI is InChI=1S/C35H39N3O7/c1-45-33-24-27(10-18-32(33)42)9-17-31(41)30(4-2-22-37-23-3-21-36)38(34(43)19-11-25-5-13-28(39)14-6-25)35(44)20-12-26-7-15-29(40)16-8-26/h5-20,24,30,37,39-40,42H,2-4,21-23,36H2,1H3/b17-9+,19-11+,20-12+. The third-order valence-corrected chi connectivity index (χ3v) is 6.77. The van der Waals surface area contributed by atoms with E-state index >= 15 is 0 Å². The van der Waals surface area contributed by atoms with Crippen molar-refractivity contribution < 1.29 is 34.4 Å². The lowest BCUT2D eigenvalue weighted by Gasteiger charge is -2.27. The molecular formula is C35H39N3O7. The second kappa shape index (κ2) is 17.8. The summed E-state index contributed by atoms with van der Waals surface area (Å²) in [7, 11) is 1.41. The Labute approximate surface area is 262 Å². The van der Waals surface area contributed by atoms with Gasteiger partial charge in [0.25, 0.3) is 11.8 Å². The van der Waals surface area contributed by atoms with E-state index in [1.807, 2.05) is 0 Å². The Morgan fingerprint density at radius 2 is 1.29 bits per heavy atom. The molecule has 3 aromatic carbocycles. The van der Waals surface area contributed by atoms with Gasteiger partial charge in [-0.15, -0.1) is 0 Å². The van der Waals surface area contributed by atoms with Crippen molar-refractivity contribution in [2.24, 2.45) is 5.73 Å². The summed E-state index contributed by atoms with van der Waals surface area (Å²) >= 11 is 0. The van der Waals surface area contributed by atoms with Crippen LogP contribution in [-0.2, 0) is 14.4 Å². The van der Waals surface area contributed by atoms with Crippen LogP contribution in [0.4, 0.5) is 0 Å². The number of carbonyl (C=O) groups excluding carboxylic acids is 3. The van der Waals surface area contributed by atoms with Gasteiger partial charge in [0.1, 0.15) is 17.5 Å². The number of hydrogen-bond donors (Lipinski definition) is 5. The fourth-order valence-electron chi connectivity index (χ4n) is 4.34. The number of hydrogen-bond acceptors (Lipinski definition) is 9. The molecule has 45 heavy (non-hydrogen) atoms. The van der Waals surface area contributed by atoms with Crippen molar-refractivity contribution in [1.82, 2.24) is 10.2 Å². The highest BCUT2D eigenvalue weighted by molar-refractivity contribution is 6.12. The van der Waals surface area contributed by atoms with Crippen molar-refractivity contribution in [2.75, 3.05) is 26.7 Å². The molecule has 0 aromatic heterocycles. The highest BCUT2D eigenvalue weighted by atomic mass is 16.5. The van der Waals surface area contributed by atoms with Crippen LogP contribution in [0.25, 0.3) is 18.2 Å². The topological polar surface area (TPSA) is 162 Å². The Morgan fingerprint density at radius 3 is 1.82 bits per heavy atom. The number of benzene rings is 3. The van der Waals surface area contributed by atoms with Crippen molar-refractivity contribution in [3.05, 3.63) is 102 Å². The third-order valence-electron chi connectivity index (χ3n) is 6.77. The molecule has 236 valence electrons. The highest BCUT2D eigenvalue weighted by Gasteiger charge is 2.31. The number of phenols is 3. The number of carbonyl (C=O) groups is 3. The molecule has 0 aliphatic heterocycles. The Balaban J connectivity index is 1.95. The van der Waals surface area contributed by atoms with Gasteiger partial charge in [0, 0.05) is 12.2 Å². The minimum Gasteiger partial charge on any atom is -0.508 e. The van der Waals surface area contributed by atoms with Crippen molar-refractivity contribution in [1.29, 1.82) is 0 Å². The molecule has 3 rings (SSSR count). The fourth-order valence-corrected chi connectivity index (χ4v) is 4.34. The Morgan fingerprint density at radius 1 is 0.778 bits per heavy atom. The van der Waals surface area contributed by atoms with E-state index in [1.165, 1.54) is 73.9 Å². The largest absolute Gasteiger partial charge is 0.508 e. The summed E-state index contributed by atoms with van der Waals surface area (Å²) in [6.07, 6.45) is 9.73. The number of aromatic hydroxyl groups is 3. The number of nitrogens with two attached hydrogens (primary N) is 1. The lowest BCUT2D eigenvalue weighted by Crippen LogP contribution is -2.47. The number of methoxy groups -OCH3 is 1. The molecule has 1 unspecified atom stereocenters. The van der Waals surface area contributed by atoms with Gasteiger partial charge in [-0.1, -0.05) is 36.4 Å². The maximum atomic E-state index is 13.7. The smallest absolute Gasteiger partial charge is 0.254 e. The molecule has 1 atom stereocenters. The molecule has 0 spiro atoms. The summed E-state index contributed by atoms with van der Waals surface area (Å²) in [6, 6.07) is 15.8. The van der Waals surface area contributed by atoms with E-state index in [4.69, 9.17) is 10.5 Å². The molecule has 0 aliphatic carbocycles. The highest BCUT2D eigenvalue weighted by Crippen LogP contribution is 2.27. The summed E-state index contributed by atoms with van der Waals surface area (Å²) in [6.45, 7) is 1.79. The molecule has 3 aromatic rings. The first kappa shape index (κ1) is 34.3. The van der Waals surface area contributed by atoms with Crippen LogP contribution in [0.5, 0.6) is 23.0 Å². The number of nitrogens with zero attached hydrogens (tertiary/aromatic N) is 1. The fraction of sp³-hybridized carbons (Fsp3) is 0.229. The first-order chi connectivity index (χ1) is 21.7. The number of nitrogens with one attached hydrogen (secondary N) is 1. The van der Waals surface area contributed by atoms with E-state index in [0.717, 1.165) is 11.3 Å². The van der Waals surface area contributed by atoms with E-state index < -0.39 is 23.6 Å². The van der Waals surface area contributed by atoms with Crippen LogP contribution in [0.15, 0.2) is 85.0 Å². The number of ether oxygens (including phenoxy) is 1. The maximum absolute atomic E-state index is 13.7. The maximum Gasteiger partial charge on any atom is 0.254 e. The van der Waals surface area contributed by atoms with Gasteiger partial charge in [0.15, 0.2) is 17.3 Å². The van der Waals surface area contributed by atoms with E-state index in [9.17, 15) is 29.7 Å². The van der Waals surface area contributed by atoms with E-state index in [2.05, 4.69) is 5.32 Å². The molecule has 0 aliphatic rings. The van der Waals surface area contributed by atoms with Crippen molar-refractivity contribution in [3.63, 3.8) is 0 Å². The van der Waals surface area contributed by atoms with Crippen molar-refractivity contribution >= 4 is 35.8 Å². The summed E-state index contributed by atoms with van der Waals surface area (Å²) in [5.74, 6) is -1.55. The summed E-state index contributed by atoms with van der Waals surface area (Å²) < 4.78 is 5.15. The minimum absolute atomic E-state index is 0.0517. The van der Waals surface area contributed by atoms with E-state index in [-0.39, 0.29) is 29.4 Å². The number of phenolic OH excluding ortho intramolecular Hbond substituents is 3. The van der Waals surface area contributed by atoms with Crippen LogP contribution >= 0.6 is 0 Å². The number of imide groups is 1. The number of ketones is 1. The van der Waals surface area contributed by atoms with Gasteiger partial charge in [-0.25, -0.2) is 0 Å². The summed E-state index contributed by atoms with van der Waals surface area (Å²) in [5.41, 5.74) is 7.37. The number of rotatable bonds is 16.